The minimum Gasteiger partial charge on any atom is -0.462 e. The highest BCUT2D eigenvalue weighted by molar-refractivity contribution is 7.17. The van der Waals surface area contributed by atoms with Gasteiger partial charge in [-0.1, -0.05) is 19.1 Å². The highest BCUT2D eigenvalue weighted by atomic mass is 32.1. The second-order valence-electron chi connectivity index (χ2n) is 10.3. The van der Waals surface area contributed by atoms with Gasteiger partial charge < -0.3 is 10.1 Å². The van der Waals surface area contributed by atoms with Crippen molar-refractivity contribution in [2.75, 3.05) is 16.8 Å². The fraction of sp³-hybridized carbons (Fsp3) is 0.429. The number of hydrogen-bond donors (Lipinski definition) is 1. The number of benzene rings is 1. The van der Waals surface area contributed by atoms with Gasteiger partial charge in [-0.2, -0.15) is 0 Å². The maximum Gasteiger partial charge on any atom is 0.341 e. The first-order valence-electron chi connectivity index (χ1n) is 12.7. The van der Waals surface area contributed by atoms with Crippen molar-refractivity contribution in [3.63, 3.8) is 0 Å². The average Bonchev–Trinajstić information content (AvgIpc) is 3.61. The lowest BCUT2D eigenvalue weighted by molar-refractivity contribution is -0.123. The van der Waals surface area contributed by atoms with Crippen molar-refractivity contribution < 1.29 is 23.9 Å². The van der Waals surface area contributed by atoms with Gasteiger partial charge >= 0.3 is 5.97 Å². The van der Waals surface area contributed by atoms with Gasteiger partial charge in [-0.3, -0.25) is 19.3 Å². The molecule has 3 aliphatic carbocycles. The van der Waals surface area contributed by atoms with Crippen molar-refractivity contribution in [2.24, 2.45) is 29.6 Å². The molecular weight excluding hydrogens is 476 g/mol. The first-order valence-corrected chi connectivity index (χ1v) is 13.5. The van der Waals surface area contributed by atoms with Crippen molar-refractivity contribution in [3.05, 3.63) is 58.0 Å². The van der Waals surface area contributed by atoms with Crippen LogP contribution in [0, 0.1) is 29.6 Å². The Bertz CT molecular complexity index is 1280. The fourth-order valence-corrected chi connectivity index (χ4v) is 7.59. The molecule has 2 fully saturated rings. The van der Waals surface area contributed by atoms with E-state index in [-0.39, 0.29) is 48.0 Å². The van der Waals surface area contributed by atoms with E-state index in [1.54, 1.807) is 31.2 Å². The number of thiophene rings is 1. The summed E-state index contributed by atoms with van der Waals surface area (Å²) in [5.41, 5.74) is 2.33. The van der Waals surface area contributed by atoms with Crippen molar-refractivity contribution >= 4 is 45.7 Å². The molecule has 5 atom stereocenters. The molecule has 36 heavy (non-hydrogen) atoms. The smallest absolute Gasteiger partial charge is 0.341 e. The monoisotopic (exact) mass is 504 g/mol. The zero-order chi connectivity index (χ0) is 25.1. The van der Waals surface area contributed by atoms with E-state index < -0.39 is 5.97 Å². The number of rotatable bonds is 5. The van der Waals surface area contributed by atoms with Crippen molar-refractivity contribution in [3.8, 4) is 0 Å². The van der Waals surface area contributed by atoms with Crippen LogP contribution in [0.5, 0.6) is 0 Å². The molecule has 7 nitrogen and oxygen atoms in total. The van der Waals surface area contributed by atoms with Crippen LogP contribution in [-0.2, 0) is 27.2 Å². The minimum absolute atomic E-state index is 0.142. The third-order valence-electron chi connectivity index (χ3n) is 8.07. The van der Waals surface area contributed by atoms with Crippen molar-refractivity contribution in [1.29, 1.82) is 0 Å². The number of nitrogens with one attached hydrogen (secondary N) is 1. The quantitative estimate of drug-likeness (QED) is 0.365. The van der Waals surface area contributed by atoms with Crippen LogP contribution >= 0.6 is 11.3 Å². The molecule has 0 radical (unpaired) electrons. The van der Waals surface area contributed by atoms with Crippen LogP contribution in [0.15, 0.2) is 36.4 Å². The predicted molar refractivity (Wildman–Crippen MR) is 136 cm³/mol. The molecule has 0 spiro atoms. The van der Waals surface area contributed by atoms with E-state index in [1.807, 2.05) is 0 Å². The van der Waals surface area contributed by atoms with E-state index in [1.165, 1.54) is 16.2 Å². The molecular formula is C28H28N2O5S. The number of nitrogens with zero attached hydrogens (tertiary/aromatic N) is 1. The minimum atomic E-state index is -0.408. The lowest BCUT2D eigenvalue weighted by Gasteiger charge is -2.18. The van der Waals surface area contributed by atoms with Crippen LogP contribution in [0.3, 0.4) is 0 Å². The zero-order valence-corrected chi connectivity index (χ0v) is 21.1. The molecule has 186 valence electrons. The van der Waals surface area contributed by atoms with Gasteiger partial charge in [-0.05, 0) is 80.2 Å². The van der Waals surface area contributed by atoms with Crippen LogP contribution in [-0.4, -0.2) is 30.3 Å². The summed E-state index contributed by atoms with van der Waals surface area (Å²) in [6, 6.07) is 6.53. The SMILES string of the molecule is CCOC(=O)c1c(NC(=O)c2ccc(N3C(=O)[C@@H]4[C@@H](C3=O)[C@H]3C=C[C@@H]4C3)cc2)sc2c1C[C@@H](C)CC2. The van der Waals surface area contributed by atoms with Gasteiger partial charge in [-0.25, -0.2) is 4.79 Å². The Balaban J connectivity index is 1.22. The number of esters is 1. The maximum atomic E-state index is 13.1. The summed E-state index contributed by atoms with van der Waals surface area (Å²) in [4.78, 5) is 54.5. The van der Waals surface area contributed by atoms with Crippen LogP contribution < -0.4 is 10.2 Å². The fourth-order valence-electron chi connectivity index (χ4n) is 6.36. The Labute approximate surface area is 213 Å². The largest absolute Gasteiger partial charge is 0.462 e. The maximum absolute atomic E-state index is 13.1. The average molecular weight is 505 g/mol. The van der Waals surface area contributed by atoms with Gasteiger partial charge in [0, 0.05) is 10.4 Å². The lowest BCUT2D eigenvalue weighted by Crippen LogP contribution is -2.32. The Kier molecular flexibility index (Phi) is 5.59. The number of anilines is 2. The van der Waals surface area contributed by atoms with E-state index >= 15 is 0 Å². The molecule has 2 bridgehead atoms. The molecule has 1 aromatic heterocycles. The molecule has 1 N–H and O–H groups in total. The van der Waals surface area contributed by atoms with Crippen LogP contribution in [0.25, 0.3) is 0 Å². The normalized spacial score (nSPS) is 27.8. The number of carbonyl (C=O) groups excluding carboxylic acids is 4. The number of amides is 3. The van der Waals surface area contributed by atoms with Crippen molar-refractivity contribution in [2.45, 2.75) is 39.5 Å². The standard InChI is InChI=1S/C28H28N2O5S/c1-3-35-28(34)23-19-12-14(2)4-11-20(19)36-25(23)29-24(31)15-7-9-18(10-8-15)30-26(32)21-16-5-6-17(13-16)22(21)27(30)33/h5-10,14,16-17,21-22H,3-4,11-13H2,1-2H3,(H,29,31)/t14-,16-,17+,21-,22-/m0/s1. The molecule has 4 aliphatic rings. The molecule has 2 aromatic rings. The Morgan fingerprint density at radius 3 is 2.39 bits per heavy atom. The van der Waals surface area contributed by atoms with E-state index in [0.717, 1.165) is 36.1 Å². The molecule has 0 unspecified atom stereocenters. The molecule has 1 saturated heterocycles. The number of ether oxygens (including phenoxy) is 1. The molecule has 6 rings (SSSR count). The number of fused-ring (bicyclic) bond motifs is 6. The summed E-state index contributed by atoms with van der Waals surface area (Å²) in [5.74, 6) is -0.786. The van der Waals surface area contributed by atoms with Crippen molar-refractivity contribution in [1.82, 2.24) is 0 Å². The topological polar surface area (TPSA) is 92.8 Å². The van der Waals surface area contributed by atoms with Crippen LogP contribution in [0.2, 0.25) is 0 Å². The highest BCUT2D eigenvalue weighted by Crippen LogP contribution is 2.53. The van der Waals surface area contributed by atoms with E-state index in [2.05, 4.69) is 24.4 Å². The number of carbonyl (C=O) groups is 4. The van der Waals surface area contributed by atoms with E-state index in [4.69, 9.17) is 4.74 Å². The predicted octanol–water partition coefficient (Wildman–Crippen LogP) is 4.61. The summed E-state index contributed by atoms with van der Waals surface area (Å²) in [6.45, 7) is 4.20. The van der Waals surface area contributed by atoms with Crippen LogP contribution in [0.1, 0.15) is 57.8 Å². The van der Waals surface area contributed by atoms with Gasteiger partial charge in [0.05, 0.1) is 29.7 Å². The molecule has 2 heterocycles. The van der Waals surface area contributed by atoms with Gasteiger partial charge in [0.1, 0.15) is 5.00 Å². The first-order chi connectivity index (χ1) is 17.4. The number of imide groups is 1. The summed E-state index contributed by atoms with van der Waals surface area (Å²) in [5, 5.41) is 3.44. The Morgan fingerprint density at radius 2 is 1.75 bits per heavy atom. The number of allylic oxidation sites excluding steroid dienone is 2. The van der Waals surface area contributed by atoms with Crippen LogP contribution in [0.4, 0.5) is 10.7 Å². The zero-order valence-electron chi connectivity index (χ0n) is 20.3. The Hall–Kier alpha value is -3.26. The van der Waals surface area contributed by atoms with Gasteiger partial charge in [0.25, 0.3) is 5.91 Å². The van der Waals surface area contributed by atoms with Gasteiger partial charge in [0.2, 0.25) is 11.8 Å². The molecule has 1 aromatic carbocycles. The summed E-state index contributed by atoms with van der Waals surface area (Å²) in [7, 11) is 0. The molecule has 3 amide bonds. The number of hydrogen-bond acceptors (Lipinski definition) is 6. The van der Waals surface area contributed by atoms with E-state index in [9.17, 15) is 19.2 Å². The molecule has 8 heteroatoms. The van der Waals surface area contributed by atoms with E-state index in [0.29, 0.717) is 27.7 Å². The number of aryl methyl sites for hydroxylation is 1. The Morgan fingerprint density at radius 1 is 1.08 bits per heavy atom. The highest BCUT2D eigenvalue weighted by Gasteiger charge is 2.59. The third kappa shape index (κ3) is 3.53. The van der Waals surface area contributed by atoms with Gasteiger partial charge in [-0.15, -0.1) is 11.3 Å². The first kappa shape index (κ1) is 23.2. The molecule has 1 aliphatic heterocycles. The summed E-state index contributed by atoms with van der Waals surface area (Å²) in [6.07, 6.45) is 7.76. The second-order valence-corrected chi connectivity index (χ2v) is 11.4. The van der Waals surface area contributed by atoms with Gasteiger partial charge in [0.15, 0.2) is 0 Å². The lowest BCUT2D eigenvalue weighted by atomic mass is 9.85. The molecule has 1 saturated carbocycles. The third-order valence-corrected chi connectivity index (χ3v) is 9.28. The summed E-state index contributed by atoms with van der Waals surface area (Å²) >= 11 is 1.44. The summed E-state index contributed by atoms with van der Waals surface area (Å²) < 4.78 is 5.30. The second kappa shape index (κ2) is 8.69.